The average molecular weight is 207 g/mol. The van der Waals surface area contributed by atoms with E-state index >= 15 is 0 Å². The molecule has 0 saturated carbocycles. The van der Waals surface area contributed by atoms with Crippen LogP contribution >= 0.6 is 0 Å². The van der Waals surface area contributed by atoms with Gasteiger partial charge in [0, 0.05) is 17.6 Å². The lowest BCUT2D eigenvalue weighted by Gasteiger charge is -2.04. The van der Waals surface area contributed by atoms with Crippen LogP contribution in [0.5, 0.6) is 0 Å². The third-order valence-corrected chi connectivity index (χ3v) is 2.12. The van der Waals surface area contributed by atoms with Crippen LogP contribution in [0.1, 0.15) is 5.69 Å². The smallest absolute Gasteiger partial charge is 0.314 e. The predicted molar refractivity (Wildman–Crippen MR) is 55.1 cm³/mol. The first-order chi connectivity index (χ1) is 7.20. The minimum absolute atomic E-state index is 0.339. The molecule has 78 valence electrons. The van der Waals surface area contributed by atoms with Crippen molar-refractivity contribution in [2.24, 2.45) is 0 Å². The van der Waals surface area contributed by atoms with Gasteiger partial charge in [0.1, 0.15) is 5.82 Å². The lowest BCUT2D eigenvalue weighted by Crippen LogP contribution is -2.17. The first-order valence-corrected chi connectivity index (χ1v) is 4.54. The Bertz CT molecular complexity index is 550. The molecule has 2 aromatic rings. The van der Waals surface area contributed by atoms with Crippen molar-refractivity contribution in [3.63, 3.8) is 0 Å². The first kappa shape index (κ1) is 9.79. The van der Waals surface area contributed by atoms with Crippen LogP contribution in [-0.2, 0) is 6.54 Å². The Labute approximate surface area is 85.2 Å². The van der Waals surface area contributed by atoms with E-state index in [-0.39, 0.29) is 5.82 Å². The highest BCUT2D eigenvalue weighted by Crippen LogP contribution is 2.14. The van der Waals surface area contributed by atoms with E-state index in [9.17, 15) is 9.18 Å². The number of aromatic amines is 1. The second kappa shape index (κ2) is 3.78. The number of fused-ring (bicyclic) bond motifs is 1. The minimum Gasteiger partial charge on any atom is -0.314 e. The number of hydrogen-bond donors (Lipinski definition) is 2. The molecule has 0 radical (unpaired) electrons. The topological polar surface area (TPSA) is 57.8 Å². The molecule has 0 bridgehead atoms. The van der Waals surface area contributed by atoms with E-state index < -0.39 is 5.69 Å². The molecule has 0 saturated heterocycles. The summed E-state index contributed by atoms with van der Waals surface area (Å²) < 4.78 is 13.0. The molecular weight excluding hydrogens is 197 g/mol. The van der Waals surface area contributed by atoms with Crippen LogP contribution in [0.25, 0.3) is 10.9 Å². The maximum atomic E-state index is 13.0. The van der Waals surface area contributed by atoms with Crippen molar-refractivity contribution in [1.29, 1.82) is 0 Å². The molecule has 1 heterocycles. The van der Waals surface area contributed by atoms with Gasteiger partial charge in [0.25, 0.3) is 0 Å². The third kappa shape index (κ3) is 1.87. The Morgan fingerprint density at radius 2 is 2.33 bits per heavy atom. The van der Waals surface area contributed by atoms with Gasteiger partial charge in [-0.15, -0.1) is 0 Å². The van der Waals surface area contributed by atoms with E-state index in [4.69, 9.17) is 0 Å². The van der Waals surface area contributed by atoms with E-state index in [1.54, 1.807) is 7.05 Å². The molecule has 1 aromatic heterocycles. The van der Waals surface area contributed by atoms with Gasteiger partial charge in [0.2, 0.25) is 0 Å². The molecule has 0 aliphatic rings. The zero-order chi connectivity index (χ0) is 10.8. The van der Waals surface area contributed by atoms with Crippen molar-refractivity contribution in [2.45, 2.75) is 6.54 Å². The van der Waals surface area contributed by atoms with Crippen LogP contribution in [0.2, 0.25) is 0 Å². The largest absolute Gasteiger partial charge is 0.345 e. The Morgan fingerprint density at radius 3 is 3.07 bits per heavy atom. The van der Waals surface area contributed by atoms with Gasteiger partial charge in [0.15, 0.2) is 0 Å². The van der Waals surface area contributed by atoms with Gasteiger partial charge in [-0.25, -0.2) is 9.18 Å². The SMILES string of the molecule is CNCc1[nH]c(=O)nc2ccc(F)cc12. The van der Waals surface area contributed by atoms with Crippen molar-refractivity contribution < 1.29 is 4.39 Å². The van der Waals surface area contributed by atoms with E-state index in [0.717, 1.165) is 0 Å². The molecule has 0 aliphatic carbocycles. The minimum atomic E-state index is -0.417. The molecular formula is C10H10FN3O. The van der Waals surface area contributed by atoms with Crippen LogP contribution in [0, 0.1) is 5.82 Å². The second-order valence-corrected chi connectivity index (χ2v) is 3.21. The number of nitrogens with one attached hydrogen (secondary N) is 2. The highest BCUT2D eigenvalue weighted by atomic mass is 19.1. The van der Waals surface area contributed by atoms with Crippen LogP contribution in [0.3, 0.4) is 0 Å². The molecule has 2 N–H and O–H groups in total. The Kier molecular flexibility index (Phi) is 2.47. The summed E-state index contributed by atoms with van der Waals surface area (Å²) in [6.45, 7) is 0.470. The molecule has 4 nitrogen and oxygen atoms in total. The fraction of sp³-hybridized carbons (Fsp3) is 0.200. The Morgan fingerprint density at radius 1 is 1.53 bits per heavy atom. The van der Waals surface area contributed by atoms with E-state index in [0.29, 0.717) is 23.1 Å². The van der Waals surface area contributed by atoms with Gasteiger partial charge < -0.3 is 10.3 Å². The molecule has 0 aliphatic heterocycles. The number of H-pyrrole nitrogens is 1. The maximum Gasteiger partial charge on any atom is 0.345 e. The summed E-state index contributed by atoms with van der Waals surface area (Å²) >= 11 is 0. The summed E-state index contributed by atoms with van der Waals surface area (Å²) in [4.78, 5) is 17.5. The lowest BCUT2D eigenvalue weighted by atomic mass is 10.2. The molecule has 0 unspecified atom stereocenters. The van der Waals surface area contributed by atoms with E-state index in [2.05, 4.69) is 15.3 Å². The van der Waals surface area contributed by atoms with Gasteiger partial charge in [-0.05, 0) is 25.2 Å². The zero-order valence-electron chi connectivity index (χ0n) is 8.17. The summed E-state index contributed by atoms with van der Waals surface area (Å²) in [6.07, 6.45) is 0. The number of aromatic nitrogens is 2. The van der Waals surface area contributed by atoms with E-state index in [1.807, 2.05) is 0 Å². The third-order valence-electron chi connectivity index (χ3n) is 2.12. The quantitative estimate of drug-likeness (QED) is 0.765. The standard InChI is InChI=1S/C10H10FN3O/c1-12-5-9-7-4-6(11)2-3-8(7)13-10(15)14-9/h2-4,12H,5H2,1H3,(H,13,14,15). The van der Waals surface area contributed by atoms with Crippen molar-refractivity contribution >= 4 is 10.9 Å². The summed E-state index contributed by atoms with van der Waals surface area (Å²) in [5, 5.41) is 3.53. The second-order valence-electron chi connectivity index (χ2n) is 3.21. The van der Waals surface area contributed by atoms with Crippen molar-refractivity contribution in [3.8, 4) is 0 Å². The molecule has 0 spiro atoms. The Balaban J connectivity index is 2.75. The van der Waals surface area contributed by atoms with Gasteiger partial charge in [-0.2, -0.15) is 4.98 Å². The summed E-state index contributed by atoms with van der Waals surface area (Å²) in [5.74, 6) is -0.339. The number of nitrogens with zero attached hydrogens (tertiary/aromatic N) is 1. The monoisotopic (exact) mass is 207 g/mol. The highest BCUT2D eigenvalue weighted by Gasteiger charge is 2.04. The maximum absolute atomic E-state index is 13.0. The summed E-state index contributed by atoms with van der Waals surface area (Å²) in [5.41, 5.74) is 0.733. The number of halogens is 1. The molecule has 0 amide bonds. The first-order valence-electron chi connectivity index (χ1n) is 4.54. The van der Waals surface area contributed by atoms with Crippen molar-refractivity contribution in [1.82, 2.24) is 15.3 Å². The molecule has 0 atom stereocenters. The van der Waals surface area contributed by atoms with Crippen LogP contribution in [0.15, 0.2) is 23.0 Å². The number of hydrogen-bond acceptors (Lipinski definition) is 3. The highest BCUT2D eigenvalue weighted by molar-refractivity contribution is 5.80. The number of rotatable bonds is 2. The molecule has 0 fully saturated rings. The fourth-order valence-corrected chi connectivity index (χ4v) is 1.50. The van der Waals surface area contributed by atoms with Crippen LogP contribution in [-0.4, -0.2) is 17.0 Å². The zero-order valence-corrected chi connectivity index (χ0v) is 8.17. The lowest BCUT2D eigenvalue weighted by molar-refractivity contribution is 0.629. The summed E-state index contributed by atoms with van der Waals surface area (Å²) in [7, 11) is 1.75. The van der Waals surface area contributed by atoms with Crippen LogP contribution in [0.4, 0.5) is 4.39 Å². The Hall–Kier alpha value is -1.75. The fourth-order valence-electron chi connectivity index (χ4n) is 1.50. The normalized spacial score (nSPS) is 10.8. The van der Waals surface area contributed by atoms with Crippen molar-refractivity contribution in [2.75, 3.05) is 7.05 Å². The van der Waals surface area contributed by atoms with Gasteiger partial charge >= 0.3 is 5.69 Å². The number of benzene rings is 1. The van der Waals surface area contributed by atoms with Gasteiger partial charge in [-0.1, -0.05) is 0 Å². The molecule has 2 rings (SSSR count). The van der Waals surface area contributed by atoms with Gasteiger partial charge in [0.05, 0.1) is 5.52 Å². The van der Waals surface area contributed by atoms with Crippen LogP contribution < -0.4 is 11.0 Å². The summed E-state index contributed by atoms with van der Waals surface area (Å²) in [6, 6.07) is 4.15. The van der Waals surface area contributed by atoms with Gasteiger partial charge in [-0.3, -0.25) is 0 Å². The van der Waals surface area contributed by atoms with Crippen molar-refractivity contribution in [3.05, 3.63) is 40.2 Å². The van der Waals surface area contributed by atoms with E-state index in [1.165, 1.54) is 18.2 Å². The molecule has 5 heteroatoms. The predicted octanol–water partition coefficient (Wildman–Crippen LogP) is 0.782. The average Bonchev–Trinajstić information content (AvgIpc) is 2.19. The molecule has 1 aromatic carbocycles. The molecule has 15 heavy (non-hydrogen) atoms.